The second-order valence-electron chi connectivity index (χ2n) is 3.22. The summed E-state index contributed by atoms with van der Waals surface area (Å²) in [5, 5.41) is 8.29. The molecule has 1 aliphatic rings. The van der Waals surface area contributed by atoms with Crippen LogP contribution in [0, 0.1) is 11.3 Å². The van der Waals surface area contributed by atoms with E-state index in [1.165, 1.54) is 12.2 Å². The molecule has 1 atom stereocenters. The van der Waals surface area contributed by atoms with E-state index in [-0.39, 0.29) is 5.91 Å². The Labute approximate surface area is 97.7 Å². The summed E-state index contributed by atoms with van der Waals surface area (Å²) < 4.78 is 2.19. The number of nitrogens with zero attached hydrogens (tertiary/aromatic N) is 3. The number of allylic oxidation sites excluding steroid dienone is 1. The van der Waals surface area contributed by atoms with Crippen molar-refractivity contribution in [3.63, 3.8) is 0 Å². The molecule has 0 aliphatic carbocycles. The number of piperazine rings is 1. The molecule has 1 fully saturated rings. The molecule has 14 heavy (non-hydrogen) atoms. The van der Waals surface area contributed by atoms with Gasteiger partial charge in [0.25, 0.3) is 0 Å². The predicted molar refractivity (Wildman–Crippen MR) is 61.5 cm³/mol. The van der Waals surface area contributed by atoms with E-state index >= 15 is 0 Å². The van der Waals surface area contributed by atoms with Gasteiger partial charge in [-0.15, -0.1) is 0 Å². The Morgan fingerprint density at radius 2 is 2.36 bits per heavy atom. The van der Waals surface area contributed by atoms with Crippen LogP contribution in [0.25, 0.3) is 0 Å². The van der Waals surface area contributed by atoms with E-state index in [2.05, 4.69) is 32.9 Å². The number of halogens is 1. The van der Waals surface area contributed by atoms with E-state index in [1.807, 2.05) is 6.07 Å². The van der Waals surface area contributed by atoms with E-state index in [4.69, 9.17) is 5.26 Å². The Morgan fingerprint density at radius 1 is 1.64 bits per heavy atom. The van der Waals surface area contributed by atoms with Crippen molar-refractivity contribution < 1.29 is 4.79 Å². The molecule has 76 valence electrons. The van der Waals surface area contributed by atoms with Gasteiger partial charge >= 0.3 is 0 Å². The Bertz CT molecular complexity index is 284. The molecule has 1 rings (SSSR count). The third kappa shape index (κ3) is 2.96. The number of carbonyl (C=O) groups excluding carboxylic acids is 1. The van der Waals surface area contributed by atoms with Crippen LogP contribution in [0.4, 0.5) is 0 Å². The van der Waals surface area contributed by atoms with Crippen LogP contribution in [0.15, 0.2) is 12.2 Å². The molecule has 0 saturated carbocycles. The van der Waals surface area contributed by atoms with Gasteiger partial charge in [-0.2, -0.15) is 5.26 Å². The minimum Gasteiger partial charge on any atom is -0.336 e. The molecule has 0 aromatic heterocycles. The highest BCUT2D eigenvalue weighted by Gasteiger charge is 2.23. The van der Waals surface area contributed by atoms with Crippen molar-refractivity contribution in [3.05, 3.63) is 12.2 Å². The molecule has 1 amide bonds. The van der Waals surface area contributed by atoms with Crippen LogP contribution in [0.5, 0.6) is 0 Å². The van der Waals surface area contributed by atoms with Gasteiger partial charge in [0.15, 0.2) is 0 Å². The molecule has 0 bridgehead atoms. The first-order valence-electron chi connectivity index (χ1n) is 4.42. The number of nitriles is 1. The van der Waals surface area contributed by atoms with E-state index in [1.54, 1.807) is 4.90 Å². The Balaban J connectivity index is 2.51. The van der Waals surface area contributed by atoms with Crippen molar-refractivity contribution >= 4 is 28.8 Å². The summed E-state index contributed by atoms with van der Waals surface area (Å²) in [5.41, 5.74) is 0. The smallest absolute Gasteiger partial charge is 0.247 e. The van der Waals surface area contributed by atoms with Crippen LogP contribution in [0.1, 0.15) is 6.92 Å². The van der Waals surface area contributed by atoms with Crippen molar-refractivity contribution in [3.8, 4) is 6.07 Å². The lowest BCUT2D eigenvalue weighted by molar-refractivity contribution is -0.127. The van der Waals surface area contributed by atoms with Crippen LogP contribution in [-0.4, -0.2) is 39.6 Å². The first-order valence-corrected chi connectivity index (χ1v) is 5.39. The lowest BCUT2D eigenvalue weighted by Crippen LogP contribution is -2.49. The standard InChI is InChI=1S/C9H12IN3O/c1-8-7-12(5-6-13(8)10)9(14)3-2-4-11/h2-3,8H,5-7H2,1H3/b3-2+/t8-/m0/s1. The molecule has 1 heterocycles. The summed E-state index contributed by atoms with van der Waals surface area (Å²) in [4.78, 5) is 13.2. The van der Waals surface area contributed by atoms with Crippen LogP contribution in [-0.2, 0) is 4.79 Å². The quantitative estimate of drug-likeness (QED) is 0.314. The average Bonchev–Trinajstić information content (AvgIpc) is 2.18. The first-order chi connectivity index (χ1) is 6.65. The molecular weight excluding hydrogens is 293 g/mol. The lowest BCUT2D eigenvalue weighted by Gasteiger charge is -2.35. The predicted octanol–water partition coefficient (Wildman–Crippen LogP) is 0.949. The highest BCUT2D eigenvalue weighted by Crippen LogP contribution is 2.13. The van der Waals surface area contributed by atoms with Crippen LogP contribution in [0.2, 0.25) is 0 Å². The van der Waals surface area contributed by atoms with Crippen molar-refractivity contribution in [2.75, 3.05) is 19.6 Å². The zero-order valence-electron chi connectivity index (χ0n) is 7.98. The Morgan fingerprint density at radius 3 is 2.93 bits per heavy atom. The minimum atomic E-state index is -0.0668. The monoisotopic (exact) mass is 305 g/mol. The summed E-state index contributed by atoms with van der Waals surface area (Å²) >= 11 is 2.27. The number of amides is 1. The summed E-state index contributed by atoms with van der Waals surface area (Å²) in [6, 6.07) is 2.20. The number of hydrogen-bond donors (Lipinski definition) is 0. The average molecular weight is 305 g/mol. The van der Waals surface area contributed by atoms with Gasteiger partial charge in [-0.1, -0.05) is 0 Å². The van der Waals surface area contributed by atoms with Crippen molar-refractivity contribution in [1.29, 1.82) is 5.26 Å². The number of rotatable bonds is 1. The summed E-state index contributed by atoms with van der Waals surface area (Å²) in [5.74, 6) is -0.0668. The maximum Gasteiger partial charge on any atom is 0.247 e. The molecule has 5 heteroatoms. The maximum absolute atomic E-state index is 11.5. The molecule has 0 unspecified atom stereocenters. The zero-order valence-corrected chi connectivity index (χ0v) is 10.1. The Hall–Kier alpha value is -0.610. The molecule has 0 aromatic carbocycles. The molecule has 0 aromatic rings. The molecule has 0 N–H and O–H groups in total. The normalized spacial score (nSPS) is 23.8. The second kappa shape index (κ2) is 5.32. The van der Waals surface area contributed by atoms with Gasteiger partial charge in [-0.05, 0) is 6.92 Å². The first kappa shape index (κ1) is 11.5. The van der Waals surface area contributed by atoms with Gasteiger partial charge in [0.05, 0.1) is 6.07 Å². The van der Waals surface area contributed by atoms with Crippen molar-refractivity contribution in [2.45, 2.75) is 13.0 Å². The van der Waals surface area contributed by atoms with Gasteiger partial charge < -0.3 is 4.90 Å². The Kier molecular flexibility index (Phi) is 4.35. The molecule has 0 spiro atoms. The molecule has 0 radical (unpaired) electrons. The van der Waals surface area contributed by atoms with Gasteiger partial charge in [0.2, 0.25) is 5.91 Å². The highest BCUT2D eigenvalue weighted by molar-refractivity contribution is 14.1. The second-order valence-corrected chi connectivity index (χ2v) is 4.46. The molecular formula is C9H12IN3O. The van der Waals surface area contributed by atoms with Crippen LogP contribution in [0.3, 0.4) is 0 Å². The fourth-order valence-corrected chi connectivity index (χ4v) is 1.74. The summed E-state index contributed by atoms with van der Waals surface area (Å²) in [6.45, 7) is 4.44. The van der Waals surface area contributed by atoms with Crippen LogP contribution < -0.4 is 0 Å². The topological polar surface area (TPSA) is 47.3 Å². The van der Waals surface area contributed by atoms with Crippen LogP contribution >= 0.6 is 22.9 Å². The van der Waals surface area contributed by atoms with Gasteiger partial charge in [0, 0.05) is 60.7 Å². The summed E-state index contributed by atoms with van der Waals surface area (Å²) in [7, 11) is 0. The van der Waals surface area contributed by atoms with Crippen molar-refractivity contribution in [1.82, 2.24) is 8.01 Å². The fourth-order valence-electron chi connectivity index (χ4n) is 1.35. The largest absolute Gasteiger partial charge is 0.336 e. The van der Waals surface area contributed by atoms with E-state index in [9.17, 15) is 4.79 Å². The summed E-state index contributed by atoms with van der Waals surface area (Å²) in [6.07, 6.45) is 2.55. The molecule has 4 nitrogen and oxygen atoms in total. The third-order valence-corrected chi connectivity index (χ3v) is 3.59. The van der Waals surface area contributed by atoms with Gasteiger partial charge in [0.1, 0.15) is 0 Å². The fraction of sp³-hybridized carbons (Fsp3) is 0.556. The van der Waals surface area contributed by atoms with Gasteiger partial charge in [-0.3, -0.25) is 4.79 Å². The number of carbonyl (C=O) groups is 1. The van der Waals surface area contributed by atoms with E-state index in [0.717, 1.165) is 19.6 Å². The highest BCUT2D eigenvalue weighted by atomic mass is 127. The van der Waals surface area contributed by atoms with E-state index in [0.29, 0.717) is 6.04 Å². The molecule has 1 aliphatic heterocycles. The van der Waals surface area contributed by atoms with Crippen molar-refractivity contribution in [2.24, 2.45) is 0 Å². The third-order valence-electron chi connectivity index (χ3n) is 2.16. The zero-order chi connectivity index (χ0) is 10.6. The van der Waals surface area contributed by atoms with Gasteiger partial charge in [-0.25, -0.2) is 3.11 Å². The number of hydrogen-bond acceptors (Lipinski definition) is 3. The van der Waals surface area contributed by atoms with E-state index < -0.39 is 0 Å². The molecule has 1 saturated heterocycles. The maximum atomic E-state index is 11.5. The SMILES string of the molecule is C[C@H]1CN(C(=O)/C=C/C#N)CCN1I. The minimum absolute atomic E-state index is 0.0668. The lowest BCUT2D eigenvalue weighted by atomic mass is 10.2.